The Labute approximate surface area is 116 Å². The summed E-state index contributed by atoms with van der Waals surface area (Å²) >= 11 is 0. The summed E-state index contributed by atoms with van der Waals surface area (Å²) < 4.78 is 18.4. The van der Waals surface area contributed by atoms with Gasteiger partial charge in [-0.25, -0.2) is 4.39 Å². The summed E-state index contributed by atoms with van der Waals surface area (Å²) in [7, 11) is 1.38. The third-order valence-corrected chi connectivity index (χ3v) is 2.90. The molecule has 0 aliphatic rings. The lowest BCUT2D eigenvalue weighted by molar-refractivity contribution is 0.102. The number of benzene rings is 2. The summed E-state index contributed by atoms with van der Waals surface area (Å²) in [5.41, 5.74) is 7.85. The van der Waals surface area contributed by atoms with Gasteiger partial charge >= 0.3 is 0 Å². The maximum atomic E-state index is 13.5. The number of methoxy groups -OCH3 is 1. The zero-order valence-corrected chi connectivity index (χ0v) is 11.2. The molecular formula is C15H15FN2O2. The molecule has 2 aromatic carbocycles. The van der Waals surface area contributed by atoms with Gasteiger partial charge in [0.25, 0.3) is 5.91 Å². The van der Waals surface area contributed by atoms with Gasteiger partial charge in [0.05, 0.1) is 7.11 Å². The molecule has 0 radical (unpaired) electrons. The van der Waals surface area contributed by atoms with E-state index in [0.29, 0.717) is 16.9 Å². The zero-order valence-electron chi connectivity index (χ0n) is 11.2. The number of rotatable bonds is 3. The van der Waals surface area contributed by atoms with Crippen LogP contribution in [0.15, 0.2) is 36.4 Å². The van der Waals surface area contributed by atoms with Gasteiger partial charge in [-0.3, -0.25) is 4.79 Å². The Morgan fingerprint density at radius 3 is 2.60 bits per heavy atom. The molecule has 5 heteroatoms. The van der Waals surface area contributed by atoms with Gasteiger partial charge in [-0.1, -0.05) is 0 Å². The first kappa shape index (κ1) is 13.9. The van der Waals surface area contributed by atoms with Crippen LogP contribution in [0.1, 0.15) is 15.9 Å². The van der Waals surface area contributed by atoms with Crippen LogP contribution >= 0.6 is 0 Å². The Morgan fingerprint density at radius 2 is 2.00 bits per heavy atom. The molecule has 0 aliphatic heterocycles. The lowest BCUT2D eigenvalue weighted by Gasteiger charge is -2.09. The molecule has 104 valence electrons. The highest BCUT2D eigenvalue weighted by Crippen LogP contribution is 2.21. The standard InChI is InChI=1S/C15H15FN2O2/c1-9-7-10(17)3-5-12(9)15(19)18-11-4-6-14(20-2)13(16)8-11/h3-8H,17H2,1-2H3,(H,18,19). The molecule has 2 rings (SSSR count). The molecule has 0 saturated carbocycles. The fourth-order valence-electron chi connectivity index (χ4n) is 1.88. The summed E-state index contributed by atoms with van der Waals surface area (Å²) in [5.74, 6) is -0.710. The number of hydrogen-bond donors (Lipinski definition) is 2. The van der Waals surface area contributed by atoms with Crippen molar-refractivity contribution in [2.24, 2.45) is 0 Å². The van der Waals surface area contributed by atoms with Crippen molar-refractivity contribution in [1.82, 2.24) is 0 Å². The molecule has 0 aliphatic carbocycles. The second-order valence-corrected chi connectivity index (χ2v) is 4.38. The van der Waals surface area contributed by atoms with E-state index in [1.54, 1.807) is 31.2 Å². The Bertz CT molecular complexity index is 656. The molecule has 2 aromatic rings. The maximum Gasteiger partial charge on any atom is 0.255 e. The highest BCUT2D eigenvalue weighted by molar-refractivity contribution is 6.05. The second kappa shape index (κ2) is 5.61. The van der Waals surface area contributed by atoms with Gasteiger partial charge in [0.2, 0.25) is 0 Å². The number of hydrogen-bond acceptors (Lipinski definition) is 3. The largest absolute Gasteiger partial charge is 0.494 e. The number of aryl methyl sites for hydroxylation is 1. The third kappa shape index (κ3) is 2.88. The lowest BCUT2D eigenvalue weighted by atomic mass is 10.1. The highest BCUT2D eigenvalue weighted by atomic mass is 19.1. The molecule has 0 bridgehead atoms. The van der Waals surface area contributed by atoms with Crippen LogP contribution in [-0.2, 0) is 0 Å². The average Bonchev–Trinajstić information content (AvgIpc) is 2.38. The predicted molar refractivity (Wildman–Crippen MR) is 76.5 cm³/mol. The van der Waals surface area contributed by atoms with Crippen molar-refractivity contribution in [2.45, 2.75) is 6.92 Å². The van der Waals surface area contributed by atoms with Gasteiger partial charge in [0.15, 0.2) is 11.6 Å². The van der Waals surface area contributed by atoms with Crippen LogP contribution in [0.25, 0.3) is 0 Å². The fraction of sp³-hybridized carbons (Fsp3) is 0.133. The molecular weight excluding hydrogens is 259 g/mol. The van der Waals surface area contributed by atoms with Crippen molar-refractivity contribution in [3.8, 4) is 5.75 Å². The lowest BCUT2D eigenvalue weighted by Crippen LogP contribution is -2.13. The van der Waals surface area contributed by atoms with Crippen LogP contribution in [0.2, 0.25) is 0 Å². The number of halogens is 1. The number of carbonyl (C=O) groups excluding carboxylic acids is 1. The molecule has 0 saturated heterocycles. The van der Waals surface area contributed by atoms with Crippen LogP contribution in [0.5, 0.6) is 5.75 Å². The fourth-order valence-corrected chi connectivity index (χ4v) is 1.88. The van der Waals surface area contributed by atoms with Gasteiger partial charge in [-0.2, -0.15) is 0 Å². The zero-order chi connectivity index (χ0) is 14.7. The first-order valence-electron chi connectivity index (χ1n) is 6.02. The molecule has 1 amide bonds. The summed E-state index contributed by atoms with van der Waals surface area (Å²) in [6.07, 6.45) is 0. The quantitative estimate of drug-likeness (QED) is 0.846. The van der Waals surface area contributed by atoms with Crippen molar-refractivity contribution in [2.75, 3.05) is 18.2 Å². The van der Waals surface area contributed by atoms with Gasteiger partial charge in [0, 0.05) is 23.0 Å². The summed E-state index contributed by atoms with van der Waals surface area (Å²) in [6.45, 7) is 1.79. The topological polar surface area (TPSA) is 64.3 Å². The van der Waals surface area contributed by atoms with Gasteiger partial charge < -0.3 is 15.8 Å². The summed E-state index contributed by atoms with van der Waals surface area (Å²) in [5, 5.41) is 2.64. The van der Waals surface area contributed by atoms with Crippen LogP contribution < -0.4 is 15.8 Å². The van der Waals surface area contributed by atoms with Gasteiger partial charge in [-0.05, 0) is 42.8 Å². The minimum atomic E-state index is -0.528. The van der Waals surface area contributed by atoms with Crippen molar-refractivity contribution in [3.63, 3.8) is 0 Å². The number of nitrogens with two attached hydrogens (primary N) is 1. The van der Waals surface area contributed by atoms with E-state index < -0.39 is 5.82 Å². The molecule has 0 spiro atoms. The first-order chi connectivity index (χ1) is 9.51. The number of nitrogens with one attached hydrogen (secondary N) is 1. The Morgan fingerprint density at radius 1 is 1.25 bits per heavy atom. The van der Waals surface area contributed by atoms with Crippen molar-refractivity contribution < 1.29 is 13.9 Å². The number of ether oxygens (including phenoxy) is 1. The molecule has 0 heterocycles. The molecule has 0 atom stereocenters. The third-order valence-electron chi connectivity index (χ3n) is 2.90. The number of amides is 1. The van der Waals surface area contributed by atoms with E-state index in [-0.39, 0.29) is 11.7 Å². The van der Waals surface area contributed by atoms with Crippen LogP contribution in [0.3, 0.4) is 0 Å². The highest BCUT2D eigenvalue weighted by Gasteiger charge is 2.11. The predicted octanol–water partition coefficient (Wildman–Crippen LogP) is 2.98. The number of carbonyl (C=O) groups is 1. The van der Waals surface area contributed by atoms with Crippen LogP contribution in [0.4, 0.5) is 15.8 Å². The van der Waals surface area contributed by atoms with Gasteiger partial charge in [-0.15, -0.1) is 0 Å². The minimum absolute atomic E-state index is 0.131. The SMILES string of the molecule is COc1ccc(NC(=O)c2ccc(N)cc2C)cc1F. The maximum absolute atomic E-state index is 13.5. The van der Waals surface area contributed by atoms with E-state index in [1.807, 2.05) is 0 Å². The van der Waals surface area contributed by atoms with Crippen molar-refractivity contribution in [3.05, 3.63) is 53.3 Å². The van der Waals surface area contributed by atoms with Crippen LogP contribution in [-0.4, -0.2) is 13.0 Å². The molecule has 4 nitrogen and oxygen atoms in total. The smallest absolute Gasteiger partial charge is 0.255 e. The molecule has 0 unspecified atom stereocenters. The Hall–Kier alpha value is -2.56. The first-order valence-corrected chi connectivity index (χ1v) is 6.02. The van der Waals surface area contributed by atoms with E-state index in [4.69, 9.17) is 10.5 Å². The Balaban J connectivity index is 2.21. The number of anilines is 2. The molecule has 20 heavy (non-hydrogen) atoms. The normalized spacial score (nSPS) is 10.2. The summed E-state index contributed by atoms with van der Waals surface area (Å²) in [6, 6.07) is 9.25. The molecule has 3 N–H and O–H groups in total. The van der Waals surface area contributed by atoms with E-state index in [9.17, 15) is 9.18 Å². The number of nitrogen functional groups attached to an aromatic ring is 1. The molecule has 0 aromatic heterocycles. The van der Waals surface area contributed by atoms with Crippen molar-refractivity contribution in [1.29, 1.82) is 0 Å². The van der Waals surface area contributed by atoms with Crippen molar-refractivity contribution >= 4 is 17.3 Å². The van der Waals surface area contributed by atoms with E-state index in [2.05, 4.69) is 5.32 Å². The second-order valence-electron chi connectivity index (χ2n) is 4.38. The van der Waals surface area contributed by atoms with E-state index in [0.717, 1.165) is 5.56 Å². The van der Waals surface area contributed by atoms with E-state index >= 15 is 0 Å². The summed E-state index contributed by atoms with van der Waals surface area (Å²) in [4.78, 5) is 12.1. The van der Waals surface area contributed by atoms with E-state index in [1.165, 1.54) is 19.2 Å². The monoisotopic (exact) mass is 274 g/mol. The molecule has 0 fully saturated rings. The van der Waals surface area contributed by atoms with Gasteiger partial charge in [0.1, 0.15) is 0 Å². The Kier molecular flexibility index (Phi) is 3.89. The van der Waals surface area contributed by atoms with Crippen LogP contribution in [0, 0.1) is 12.7 Å². The average molecular weight is 274 g/mol. The minimum Gasteiger partial charge on any atom is -0.494 e.